The lowest BCUT2D eigenvalue weighted by molar-refractivity contribution is -0.111. The summed E-state index contributed by atoms with van der Waals surface area (Å²) in [5.41, 5.74) is 8.41. The number of carbonyl (C=O) groups is 2. The van der Waals surface area contributed by atoms with Gasteiger partial charge in [-0.3, -0.25) is 10.1 Å². The molecule has 0 radical (unpaired) electrons. The van der Waals surface area contributed by atoms with Gasteiger partial charge in [0.05, 0.1) is 30.1 Å². The second-order valence-corrected chi connectivity index (χ2v) is 8.60. The number of nitriles is 1. The van der Waals surface area contributed by atoms with Crippen LogP contribution in [0.25, 0.3) is 0 Å². The fourth-order valence-corrected chi connectivity index (χ4v) is 3.77. The largest absolute Gasteiger partial charge is 0.504 e. The van der Waals surface area contributed by atoms with Crippen LogP contribution in [0.1, 0.15) is 37.0 Å². The Hall–Kier alpha value is -4.97. The molecule has 9 nitrogen and oxygen atoms in total. The molecule has 0 heterocycles. The summed E-state index contributed by atoms with van der Waals surface area (Å²) < 4.78 is 10.9. The molecular formula is C29H30N4O5. The second-order valence-electron chi connectivity index (χ2n) is 8.60. The van der Waals surface area contributed by atoms with E-state index in [0.29, 0.717) is 46.8 Å². The summed E-state index contributed by atoms with van der Waals surface area (Å²) >= 11 is 0. The highest BCUT2D eigenvalue weighted by Gasteiger charge is 2.24. The smallest absolute Gasteiger partial charge is 0.412 e. The fraction of sp³-hybridized carbons (Fsp3) is 0.207. The number of para-hydroxylation sites is 2. The molecule has 0 aliphatic rings. The average Bonchev–Trinajstić information content (AvgIpc) is 2.91. The molecule has 5 N–H and O–H groups in total. The number of nitrogens with two attached hydrogens (primary N) is 1. The van der Waals surface area contributed by atoms with Crippen LogP contribution >= 0.6 is 0 Å². The number of benzene rings is 3. The number of anilines is 3. The Morgan fingerprint density at radius 1 is 1.11 bits per heavy atom. The van der Waals surface area contributed by atoms with Crippen molar-refractivity contribution in [1.82, 2.24) is 0 Å². The predicted molar refractivity (Wildman–Crippen MR) is 146 cm³/mol. The highest BCUT2D eigenvalue weighted by molar-refractivity contribution is 6.01. The third-order valence-electron chi connectivity index (χ3n) is 5.82. The van der Waals surface area contributed by atoms with E-state index in [1.807, 2.05) is 13.0 Å². The molecule has 0 spiro atoms. The maximum absolute atomic E-state index is 12.7. The quantitative estimate of drug-likeness (QED) is 0.199. The first-order valence-corrected chi connectivity index (χ1v) is 12.0. The molecule has 0 unspecified atom stereocenters. The van der Waals surface area contributed by atoms with E-state index in [2.05, 4.69) is 10.6 Å². The molecular weight excluding hydrogens is 484 g/mol. The van der Waals surface area contributed by atoms with Crippen molar-refractivity contribution in [3.05, 3.63) is 90.0 Å². The maximum atomic E-state index is 12.7. The first kappa shape index (κ1) is 27.6. The number of nitrogen functional groups attached to an aromatic ring is 1. The summed E-state index contributed by atoms with van der Waals surface area (Å²) in [6.07, 6.45) is 2.92. The number of ether oxygens (including phenoxy) is 2. The molecule has 0 fully saturated rings. The Labute approximate surface area is 221 Å². The molecule has 2 atom stereocenters. The summed E-state index contributed by atoms with van der Waals surface area (Å²) in [4.78, 5) is 25.0. The Kier molecular flexibility index (Phi) is 9.72. The van der Waals surface area contributed by atoms with E-state index in [-0.39, 0.29) is 17.6 Å². The number of hydrogen-bond donors (Lipinski definition) is 4. The Balaban J connectivity index is 1.66. The zero-order valence-electron chi connectivity index (χ0n) is 21.2. The van der Waals surface area contributed by atoms with Gasteiger partial charge in [-0.25, -0.2) is 4.79 Å². The lowest BCUT2D eigenvalue weighted by Crippen LogP contribution is -2.22. The van der Waals surface area contributed by atoms with Gasteiger partial charge in [-0.1, -0.05) is 31.2 Å². The molecule has 9 heteroatoms. The van der Waals surface area contributed by atoms with Gasteiger partial charge in [0.2, 0.25) is 5.91 Å². The average molecular weight is 515 g/mol. The number of nitrogens with zero attached hydrogens (tertiary/aromatic N) is 1. The molecule has 0 aliphatic carbocycles. The molecule has 3 aromatic rings. The Morgan fingerprint density at radius 2 is 1.84 bits per heavy atom. The summed E-state index contributed by atoms with van der Waals surface area (Å²) in [6.45, 7) is 1.92. The molecule has 38 heavy (non-hydrogen) atoms. The van der Waals surface area contributed by atoms with Crippen LogP contribution < -0.4 is 21.1 Å². The van der Waals surface area contributed by atoms with E-state index in [4.69, 9.17) is 20.5 Å². The SMILES string of the molecule is COc1ccc([C@@H](OC(=O)Nc2ccc(C#N)cc2)[C@@H](C)CC/C=C/C(=O)Nc2ccccc2N)cc1O. The molecule has 3 rings (SSSR count). The lowest BCUT2D eigenvalue weighted by atomic mass is 9.92. The van der Waals surface area contributed by atoms with E-state index in [0.717, 1.165) is 0 Å². The van der Waals surface area contributed by atoms with Crippen molar-refractivity contribution in [3.8, 4) is 17.6 Å². The van der Waals surface area contributed by atoms with Crippen molar-refractivity contribution < 1.29 is 24.2 Å². The van der Waals surface area contributed by atoms with Crippen LogP contribution in [0.2, 0.25) is 0 Å². The zero-order valence-corrected chi connectivity index (χ0v) is 21.2. The number of phenolic OH excluding ortho intramolecular Hbond substituents is 1. The minimum Gasteiger partial charge on any atom is -0.504 e. The van der Waals surface area contributed by atoms with Gasteiger partial charge >= 0.3 is 6.09 Å². The topological polar surface area (TPSA) is 147 Å². The number of aromatic hydroxyl groups is 1. The number of amides is 2. The van der Waals surface area contributed by atoms with Gasteiger partial charge in [-0.2, -0.15) is 5.26 Å². The van der Waals surface area contributed by atoms with Gasteiger partial charge < -0.3 is 25.6 Å². The standard InChI is InChI=1S/C29H30N4O5/c1-19(7-3-6-10-27(35)33-24-9-5-4-8-23(24)31)28(21-13-16-26(37-2)25(34)17-21)38-29(36)32-22-14-11-20(18-30)12-15-22/h4-6,8-17,19,28,34H,3,7,31H2,1-2H3,(H,32,36)(H,33,35)/b10-6+/t19-,28-/m0/s1. The number of rotatable bonds is 10. The van der Waals surface area contributed by atoms with Crippen LogP contribution in [0.15, 0.2) is 78.9 Å². The molecule has 196 valence electrons. The number of allylic oxidation sites excluding steroid dienone is 1. The van der Waals surface area contributed by atoms with Gasteiger partial charge in [0.25, 0.3) is 0 Å². The number of nitrogens with one attached hydrogen (secondary N) is 2. The van der Waals surface area contributed by atoms with Crippen molar-refractivity contribution in [2.45, 2.75) is 25.9 Å². The summed E-state index contributed by atoms with van der Waals surface area (Å²) in [5, 5.41) is 24.6. The van der Waals surface area contributed by atoms with E-state index >= 15 is 0 Å². The molecule has 0 aliphatic heterocycles. The summed E-state index contributed by atoms with van der Waals surface area (Å²) in [6, 6.07) is 20.2. The van der Waals surface area contributed by atoms with E-state index in [9.17, 15) is 14.7 Å². The molecule has 0 aromatic heterocycles. The number of hydrogen-bond acceptors (Lipinski definition) is 7. The van der Waals surface area contributed by atoms with Crippen molar-refractivity contribution in [2.24, 2.45) is 5.92 Å². The Bertz CT molecular complexity index is 1330. The van der Waals surface area contributed by atoms with Crippen LogP contribution in [0, 0.1) is 17.2 Å². The minimum absolute atomic E-state index is 0.0740. The number of carbonyl (C=O) groups excluding carboxylic acids is 2. The zero-order chi connectivity index (χ0) is 27.5. The highest BCUT2D eigenvalue weighted by atomic mass is 16.6. The van der Waals surface area contributed by atoms with Gasteiger partial charge in [0, 0.05) is 5.69 Å². The Morgan fingerprint density at radius 3 is 2.50 bits per heavy atom. The lowest BCUT2D eigenvalue weighted by Gasteiger charge is -2.25. The second kappa shape index (κ2) is 13.4. The van der Waals surface area contributed by atoms with Crippen molar-refractivity contribution in [1.29, 1.82) is 5.26 Å². The highest BCUT2D eigenvalue weighted by Crippen LogP contribution is 2.35. The van der Waals surface area contributed by atoms with Crippen LogP contribution in [-0.4, -0.2) is 24.2 Å². The van der Waals surface area contributed by atoms with E-state index < -0.39 is 12.2 Å². The van der Waals surface area contributed by atoms with Crippen LogP contribution in [0.4, 0.5) is 21.9 Å². The third kappa shape index (κ3) is 7.77. The molecule has 0 bridgehead atoms. The van der Waals surface area contributed by atoms with E-state index in [1.54, 1.807) is 66.7 Å². The first-order valence-electron chi connectivity index (χ1n) is 12.0. The predicted octanol–water partition coefficient (Wildman–Crippen LogP) is 5.76. The molecule has 3 aromatic carbocycles. The summed E-state index contributed by atoms with van der Waals surface area (Å²) in [7, 11) is 1.45. The molecule has 2 amide bonds. The van der Waals surface area contributed by atoms with Gasteiger partial charge in [-0.15, -0.1) is 0 Å². The van der Waals surface area contributed by atoms with Crippen molar-refractivity contribution >= 4 is 29.1 Å². The van der Waals surface area contributed by atoms with Crippen LogP contribution in [-0.2, 0) is 9.53 Å². The van der Waals surface area contributed by atoms with E-state index in [1.165, 1.54) is 19.3 Å². The van der Waals surface area contributed by atoms with Crippen molar-refractivity contribution in [3.63, 3.8) is 0 Å². The van der Waals surface area contributed by atoms with Gasteiger partial charge in [-0.05, 0) is 78.9 Å². The normalized spacial score (nSPS) is 12.2. The molecule has 0 saturated carbocycles. The first-order chi connectivity index (χ1) is 18.3. The minimum atomic E-state index is -0.698. The van der Waals surface area contributed by atoms with Gasteiger partial charge in [0.1, 0.15) is 6.10 Å². The summed E-state index contributed by atoms with van der Waals surface area (Å²) in [5.74, 6) is -0.248. The van der Waals surface area contributed by atoms with Gasteiger partial charge in [0.15, 0.2) is 11.5 Å². The number of methoxy groups -OCH3 is 1. The van der Waals surface area contributed by atoms with Crippen LogP contribution in [0.3, 0.4) is 0 Å². The fourth-order valence-electron chi connectivity index (χ4n) is 3.77. The van der Waals surface area contributed by atoms with Crippen LogP contribution in [0.5, 0.6) is 11.5 Å². The monoisotopic (exact) mass is 514 g/mol. The maximum Gasteiger partial charge on any atom is 0.412 e. The van der Waals surface area contributed by atoms with Crippen molar-refractivity contribution in [2.75, 3.05) is 23.5 Å². The third-order valence-corrected chi connectivity index (χ3v) is 5.82. The number of phenols is 1. The molecule has 0 saturated heterocycles.